The van der Waals surface area contributed by atoms with E-state index in [1.165, 1.54) is 43.9 Å². The average Bonchev–Trinajstić information content (AvgIpc) is 3.25. The average molecular weight is 306 g/mol. The molecule has 0 bridgehead atoms. The van der Waals surface area contributed by atoms with Crippen LogP contribution in [-0.2, 0) is 6.42 Å². The van der Waals surface area contributed by atoms with Gasteiger partial charge >= 0.3 is 0 Å². The third-order valence-electron chi connectivity index (χ3n) is 5.27. The van der Waals surface area contributed by atoms with Crippen LogP contribution in [0.5, 0.6) is 0 Å². The molecule has 2 heterocycles. The van der Waals surface area contributed by atoms with Crippen LogP contribution in [0.1, 0.15) is 11.1 Å². The van der Waals surface area contributed by atoms with Crippen molar-refractivity contribution in [2.45, 2.75) is 6.42 Å². The van der Waals surface area contributed by atoms with E-state index in [0.29, 0.717) is 0 Å². The number of para-hydroxylation sites is 1. The van der Waals surface area contributed by atoms with Gasteiger partial charge in [-0.3, -0.25) is 4.40 Å². The number of hydrogen-bond acceptors (Lipinski definition) is 1. The molecule has 0 spiro atoms. The fourth-order valence-electron chi connectivity index (χ4n) is 4.20. The molecule has 2 aromatic heterocycles. The lowest BCUT2D eigenvalue weighted by Crippen LogP contribution is -1.92. The minimum Gasteiger partial charge on any atom is -0.299 e. The molecule has 0 radical (unpaired) electrons. The van der Waals surface area contributed by atoms with Crippen molar-refractivity contribution in [2.24, 2.45) is 0 Å². The fourth-order valence-corrected chi connectivity index (χ4v) is 4.20. The number of rotatable bonds is 0. The van der Waals surface area contributed by atoms with E-state index in [1.807, 2.05) is 6.20 Å². The van der Waals surface area contributed by atoms with Crippen molar-refractivity contribution in [3.05, 3.63) is 84.2 Å². The van der Waals surface area contributed by atoms with Gasteiger partial charge in [0.05, 0.1) is 5.52 Å². The number of imidazole rings is 1. The lowest BCUT2D eigenvalue weighted by Gasteiger charge is -2.10. The van der Waals surface area contributed by atoms with E-state index in [4.69, 9.17) is 0 Å². The summed E-state index contributed by atoms with van der Waals surface area (Å²) in [5.41, 5.74) is 7.84. The summed E-state index contributed by atoms with van der Waals surface area (Å²) in [6.45, 7) is 0. The van der Waals surface area contributed by atoms with Gasteiger partial charge in [0.1, 0.15) is 5.65 Å². The van der Waals surface area contributed by atoms with E-state index in [1.54, 1.807) is 0 Å². The smallest absolute Gasteiger partial charge is 0.145 e. The monoisotopic (exact) mass is 306 g/mol. The first kappa shape index (κ1) is 12.3. The molecule has 0 saturated heterocycles. The number of aromatic nitrogens is 2. The molecule has 0 aliphatic heterocycles. The minimum atomic E-state index is 1.02. The summed E-state index contributed by atoms with van der Waals surface area (Å²) >= 11 is 0. The first-order valence-electron chi connectivity index (χ1n) is 8.29. The summed E-state index contributed by atoms with van der Waals surface area (Å²) in [5.74, 6) is 0. The van der Waals surface area contributed by atoms with Crippen molar-refractivity contribution in [1.29, 1.82) is 0 Å². The lowest BCUT2D eigenvalue weighted by molar-refractivity contribution is 1.25. The van der Waals surface area contributed by atoms with Crippen LogP contribution in [0.15, 0.2) is 73.1 Å². The van der Waals surface area contributed by atoms with Crippen LogP contribution in [0.3, 0.4) is 0 Å². The van der Waals surface area contributed by atoms with Gasteiger partial charge in [0.25, 0.3) is 0 Å². The third-order valence-corrected chi connectivity index (χ3v) is 5.27. The molecular weight excluding hydrogens is 292 g/mol. The Kier molecular flexibility index (Phi) is 2.17. The van der Waals surface area contributed by atoms with Crippen molar-refractivity contribution < 1.29 is 0 Å². The Hall–Kier alpha value is -3.13. The summed E-state index contributed by atoms with van der Waals surface area (Å²) in [6.07, 6.45) is 4.96. The van der Waals surface area contributed by atoms with E-state index in [9.17, 15) is 0 Å². The molecule has 3 aromatic carbocycles. The van der Waals surface area contributed by atoms with E-state index in [2.05, 4.69) is 76.2 Å². The van der Waals surface area contributed by atoms with Crippen molar-refractivity contribution >= 4 is 27.3 Å². The van der Waals surface area contributed by atoms with Gasteiger partial charge < -0.3 is 0 Å². The fraction of sp³-hybridized carbons (Fsp3) is 0.0455. The highest BCUT2D eigenvalue weighted by atomic mass is 15.0. The van der Waals surface area contributed by atoms with Gasteiger partial charge in [-0.25, -0.2) is 4.98 Å². The van der Waals surface area contributed by atoms with Crippen molar-refractivity contribution in [2.75, 3.05) is 0 Å². The van der Waals surface area contributed by atoms with E-state index in [-0.39, 0.29) is 0 Å². The largest absolute Gasteiger partial charge is 0.299 e. The highest BCUT2D eigenvalue weighted by molar-refractivity contribution is 6.13. The molecule has 0 saturated carbocycles. The second-order valence-electron chi connectivity index (χ2n) is 6.53. The molecule has 6 rings (SSSR count). The van der Waals surface area contributed by atoms with Crippen molar-refractivity contribution in [3.8, 4) is 11.1 Å². The van der Waals surface area contributed by atoms with Gasteiger partial charge in [0.15, 0.2) is 0 Å². The summed E-state index contributed by atoms with van der Waals surface area (Å²) < 4.78 is 2.20. The van der Waals surface area contributed by atoms with Gasteiger partial charge in [0, 0.05) is 23.2 Å². The van der Waals surface area contributed by atoms with E-state index in [0.717, 1.165) is 12.1 Å². The topological polar surface area (TPSA) is 17.3 Å². The standard InChI is InChI=1S/C22H14N2/c1-2-6-16-14(5-1)11-15-12-20-19(13-18(15)16)17-7-3-4-8-21(17)24-10-9-23-22(20)24/h1-10,12-13H,11H2. The summed E-state index contributed by atoms with van der Waals surface area (Å²) in [7, 11) is 0. The van der Waals surface area contributed by atoms with Crippen LogP contribution in [0.4, 0.5) is 0 Å². The number of hydrogen-bond donors (Lipinski definition) is 0. The van der Waals surface area contributed by atoms with Crippen molar-refractivity contribution in [3.63, 3.8) is 0 Å². The highest BCUT2D eigenvalue weighted by Gasteiger charge is 2.20. The van der Waals surface area contributed by atoms with Crippen LogP contribution >= 0.6 is 0 Å². The van der Waals surface area contributed by atoms with Gasteiger partial charge in [0.2, 0.25) is 0 Å². The van der Waals surface area contributed by atoms with Crippen LogP contribution in [0.2, 0.25) is 0 Å². The number of nitrogens with zero attached hydrogens (tertiary/aromatic N) is 2. The SMILES string of the molecule is c1ccc2c(c1)Cc1cc3c(cc1-2)c1ccccc1n1ccnc31. The summed E-state index contributed by atoms with van der Waals surface area (Å²) in [5, 5.41) is 3.81. The van der Waals surface area contributed by atoms with Crippen LogP contribution in [0.25, 0.3) is 38.4 Å². The highest BCUT2D eigenvalue weighted by Crippen LogP contribution is 2.41. The first-order chi connectivity index (χ1) is 11.9. The molecular formula is C22H14N2. The number of fused-ring (bicyclic) bond motifs is 9. The second-order valence-corrected chi connectivity index (χ2v) is 6.53. The molecule has 0 atom stereocenters. The molecule has 112 valence electrons. The zero-order valence-corrected chi connectivity index (χ0v) is 13.0. The predicted octanol–water partition coefficient (Wildman–Crippen LogP) is 5.21. The second kappa shape index (κ2) is 4.24. The molecule has 0 fully saturated rings. The Bertz CT molecular complexity index is 1280. The zero-order chi connectivity index (χ0) is 15.7. The van der Waals surface area contributed by atoms with Gasteiger partial charge in [-0.1, -0.05) is 42.5 Å². The van der Waals surface area contributed by atoms with Crippen molar-refractivity contribution in [1.82, 2.24) is 9.38 Å². The van der Waals surface area contributed by atoms with Gasteiger partial charge in [-0.15, -0.1) is 0 Å². The lowest BCUT2D eigenvalue weighted by atomic mass is 9.98. The Labute approximate surface area is 139 Å². The predicted molar refractivity (Wildman–Crippen MR) is 98.4 cm³/mol. The maximum atomic E-state index is 4.63. The maximum absolute atomic E-state index is 4.63. The molecule has 1 aliphatic carbocycles. The Morgan fingerprint density at radius 2 is 1.62 bits per heavy atom. The van der Waals surface area contributed by atoms with E-state index < -0.39 is 0 Å². The molecule has 24 heavy (non-hydrogen) atoms. The van der Waals surface area contributed by atoms with Crippen LogP contribution in [-0.4, -0.2) is 9.38 Å². The van der Waals surface area contributed by atoms with Crippen LogP contribution in [0, 0.1) is 0 Å². The molecule has 5 aromatic rings. The Balaban J connectivity index is 1.85. The van der Waals surface area contributed by atoms with Gasteiger partial charge in [-0.2, -0.15) is 0 Å². The number of benzene rings is 3. The number of pyridine rings is 1. The summed E-state index contributed by atoms with van der Waals surface area (Å²) in [6, 6.07) is 22.1. The Morgan fingerprint density at radius 1 is 0.750 bits per heavy atom. The molecule has 0 N–H and O–H groups in total. The quantitative estimate of drug-likeness (QED) is 0.352. The van der Waals surface area contributed by atoms with E-state index >= 15 is 0 Å². The normalized spacial score (nSPS) is 12.8. The molecule has 0 unspecified atom stereocenters. The molecule has 2 heteroatoms. The third kappa shape index (κ3) is 1.43. The minimum absolute atomic E-state index is 1.02. The molecule has 1 aliphatic rings. The van der Waals surface area contributed by atoms with Crippen LogP contribution < -0.4 is 0 Å². The first-order valence-corrected chi connectivity index (χ1v) is 8.29. The molecule has 0 amide bonds. The maximum Gasteiger partial charge on any atom is 0.145 e. The zero-order valence-electron chi connectivity index (χ0n) is 13.0. The summed E-state index contributed by atoms with van der Waals surface area (Å²) in [4.78, 5) is 4.63. The molecule has 2 nitrogen and oxygen atoms in total. The van der Waals surface area contributed by atoms with Gasteiger partial charge in [-0.05, 0) is 52.3 Å². The Morgan fingerprint density at radius 3 is 2.62 bits per heavy atom.